The van der Waals surface area contributed by atoms with Crippen molar-refractivity contribution in [1.29, 1.82) is 0 Å². The Balaban J connectivity index is 1.77. The maximum atomic E-state index is 11.9. The number of hydrogen-bond acceptors (Lipinski definition) is 2. The molecule has 0 atom stereocenters. The summed E-state index contributed by atoms with van der Waals surface area (Å²) in [7, 11) is 0. The van der Waals surface area contributed by atoms with Crippen LogP contribution in [0.2, 0.25) is 10.0 Å². The number of halogens is 2. The van der Waals surface area contributed by atoms with Crippen molar-refractivity contribution in [1.82, 2.24) is 5.32 Å². The van der Waals surface area contributed by atoms with Gasteiger partial charge in [0.2, 0.25) is 0 Å². The maximum absolute atomic E-state index is 11.9. The van der Waals surface area contributed by atoms with E-state index in [2.05, 4.69) is 12.2 Å². The van der Waals surface area contributed by atoms with Crippen molar-refractivity contribution in [2.45, 2.75) is 13.3 Å². The molecule has 1 amide bonds. The molecule has 2 aromatic rings. The fourth-order valence-corrected chi connectivity index (χ4v) is 2.19. The van der Waals surface area contributed by atoms with Gasteiger partial charge in [-0.1, -0.05) is 42.3 Å². The van der Waals surface area contributed by atoms with Gasteiger partial charge in [-0.05, 0) is 42.3 Å². The zero-order chi connectivity index (χ0) is 15.9. The van der Waals surface area contributed by atoms with Crippen LogP contribution in [-0.2, 0) is 6.42 Å². The molecular formula is C17H17Cl2NO2. The lowest BCUT2D eigenvalue weighted by atomic mass is 10.2. The number of nitrogens with one attached hydrogen (secondary N) is 1. The average molecular weight is 338 g/mol. The second kappa shape index (κ2) is 8.06. The highest BCUT2D eigenvalue weighted by Crippen LogP contribution is 2.22. The van der Waals surface area contributed by atoms with Gasteiger partial charge in [0.1, 0.15) is 12.4 Å². The van der Waals surface area contributed by atoms with Gasteiger partial charge in [-0.2, -0.15) is 0 Å². The standard InChI is InChI=1S/C17H17Cl2NO2/c1-2-12-3-6-14(7-4-12)22-10-9-20-17(21)13-5-8-15(18)16(19)11-13/h3-8,11H,2,9-10H2,1H3,(H,20,21). The van der Waals surface area contributed by atoms with E-state index >= 15 is 0 Å². The van der Waals surface area contributed by atoms with Crippen LogP contribution < -0.4 is 10.1 Å². The zero-order valence-corrected chi connectivity index (χ0v) is 13.7. The molecule has 0 saturated carbocycles. The second-order valence-electron chi connectivity index (χ2n) is 4.73. The lowest BCUT2D eigenvalue weighted by Crippen LogP contribution is -2.28. The summed E-state index contributed by atoms with van der Waals surface area (Å²) in [6.07, 6.45) is 1.000. The molecule has 2 aromatic carbocycles. The van der Waals surface area contributed by atoms with Gasteiger partial charge in [0, 0.05) is 5.56 Å². The number of carbonyl (C=O) groups excluding carboxylic acids is 1. The Morgan fingerprint density at radius 3 is 2.45 bits per heavy atom. The van der Waals surface area contributed by atoms with Crippen molar-refractivity contribution in [3.05, 3.63) is 63.6 Å². The summed E-state index contributed by atoms with van der Waals surface area (Å²) >= 11 is 11.7. The SMILES string of the molecule is CCc1ccc(OCCNC(=O)c2ccc(Cl)c(Cl)c2)cc1. The number of amides is 1. The first-order valence-corrected chi connectivity index (χ1v) is 7.80. The second-order valence-corrected chi connectivity index (χ2v) is 5.55. The van der Waals surface area contributed by atoms with Crippen molar-refractivity contribution < 1.29 is 9.53 Å². The summed E-state index contributed by atoms with van der Waals surface area (Å²) < 4.78 is 5.57. The molecule has 0 bridgehead atoms. The molecule has 0 aromatic heterocycles. The van der Waals surface area contributed by atoms with Crippen molar-refractivity contribution in [3.63, 3.8) is 0 Å². The first-order chi connectivity index (χ1) is 10.6. The summed E-state index contributed by atoms with van der Waals surface area (Å²) in [5, 5.41) is 3.56. The highest BCUT2D eigenvalue weighted by Gasteiger charge is 2.07. The number of hydrogen-bond donors (Lipinski definition) is 1. The van der Waals surface area contributed by atoms with Crippen LogP contribution in [0.1, 0.15) is 22.8 Å². The van der Waals surface area contributed by atoms with E-state index < -0.39 is 0 Å². The first-order valence-electron chi connectivity index (χ1n) is 7.05. The molecule has 0 aliphatic rings. The van der Waals surface area contributed by atoms with Crippen LogP contribution in [0.5, 0.6) is 5.75 Å². The van der Waals surface area contributed by atoms with Crippen LogP contribution in [0, 0.1) is 0 Å². The third kappa shape index (κ3) is 4.65. The number of rotatable bonds is 6. The van der Waals surface area contributed by atoms with Gasteiger partial charge in [0.15, 0.2) is 0 Å². The predicted molar refractivity (Wildman–Crippen MR) is 90.1 cm³/mol. The van der Waals surface area contributed by atoms with Crippen LogP contribution in [0.25, 0.3) is 0 Å². The van der Waals surface area contributed by atoms with E-state index in [4.69, 9.17) is 27.9 Å². The van der Waals surface area contributed by atoms with Gasteiger partial charge in [0.05, 0.1) is 16.6 Å². The minimum atomic E-state index is -0.205. The van der Waals surface area contributed by atoms with Crippen LogP contribution in [0.4, 0.5) is 0 Å². The normalized spacial score (nSPS) is 10.3. The summed E-state index contributed by atoms with van der Waals surface area (Å²) in [4.78, 5) is 11.9. The first kappa shape index (κ1) is 16.7. The van der Waals surface area contributed by atoms with E-state index in [1.807, 2.05) is 24.3 Å². The van der Waals surface area contributed by atoms with Gasteiger partial charge in [-0.3, -0.25) is 4.79 Å². The molecule has 0 radical (unpaired) electrons. The number of ether oxygens (including phenoxy) is 1. The van der Waals surface area contributed by atoms with Crippen molar-refractivity contribution in [2.24, 2.45) is 0 Å². The quantitative estimate of drug-likeness (QED) is 0.795. The number of benzene rings is 2. The zero-order valence-electron chi connectivity index (χ0n) is 12.2. The molecule has 0 spiro atoms. The lowest BCUT2D eigenvalue weighted by Gasteiger charge is -2.08. The fraction of sp³-hybridized carbons (Fsp3) is 0.235. The number of aryl methyl sites for hydroxylation is 1. The highest BCUT2D eigenvalue weighted by molar-refractivity contribution is 6.42. The van der Waals surface area contributed by atoms with E-state index in [1.54, 1.807) is 18.2 Å². The Morgan fingerprint density at radius 2 is 1.82 bits per heavy atom. The van der Waals surface area contributed by atoms with Crippen LogP contribution in [0.3, 0.4) is 0 Å². The molecule has 1 N–H and O–H groups in total. The van der Waals surface area contributed by atoms with E-state index in [9.17, 15) is 4.79 Å². The molecular weight excluding hydrogens is 321 g/mol. The van der Waals surface area contributed by atoms with Crippen molar-refractivity contribution >= 4 is 29.1 Å². The Morgan fingerprint density at radius 1 is 1.09 bits per heavy atom. The average Bonchev–Trinajstić information content (AvgIpc) is 2.54. The Bertz CT molecular complexity index is 642. The van der Waals surface area contributed by atoms with Gasteiger partial charge < -0.3 is 10.1 Å². The van der Waals surface area contributed by atoms with Crippen LogP contribution >= 0.6 is 23.2 Å². The van der Waals surface area contributed by atoms with E-state index in [0.29, 0.717) is 28.8 Å². The van der Waals surface area contributed by atoms with Crippen LogP contribution in [0.15, 0.2) is 42.5 Å². The molecule has 5 heteroatoms. The molecule has 0 aliphatic carbocycles. The minimum absolute atomic E-state index is 0.205. The molecule has 0 saturated heterocycles. The maximum Gasteiger partial charge on any atom is 0.251 e. The Labute approximate surface area is 140 Å². The molecule has 2 rings (SSSR count). The molecule has 0 aliphatic heterocycles. The van der Waals surface area contributed by atoms with Crippen molar-refractivity contribution in [3.8, 4) is 5.75 Å². The van der Waals surface area contributed by atoms with Crippen molar-refractivity contribution in [2.75, 3.05) is 13.2 Å². The number of carbonyl (C=O) groups is 1. The smallest absolute Gasteiger partial charge is 0.251 e. The Kier molecular flexibility index (Phi) is 6.10. The molecule has 0 fully saturated rings. The summed E-state index contributed by atoms with van der Waals surface area (Å²) in [5.41, 5.74) is 1.74. The summed E-state index contributed by atoms with van der Waals surface area (Å²) in [6, 6.07) is 12.7. The minimum Gasteiger partial charge on any atom is -0.492 e. The molecule has 0 unspecified atom stereocenters. The van der Waals surface area contributed by atoms with Gasteiger partial charge in [-0.15, -0.1) is 0 Å². The van der Waals surface area contributed by atoms with E-state index in [0.717, 1.165) is 12.2 Å². The van der Waals surface area contributed by atoms with Gasteiger partial charge in [-0.25, -0.2) is 0 Å². The molecule has 0 heterocycles. The monoisotopic (exact) mass is 337 g/mol. The predicted octanol–water partition coefficient (Wildman–Crippen LogP) is 4.36. The fourth-order valence-electron chi connectivity index (χ4n) is 1.89. The Hall–Kier alpha value is -1.71. The van der Waals surface area contributed by atoms with Gasteiger partial charge in [0.25, 0.3) is 5.91 Å². The lowest BCUT2D eigenvalue weighted by molar-refractivity contribution is 0.0947. The molecule has 116 valence electrons. The molecule has 3 nitrogen and oxygen atoms in total. The summed E-state index contributed by atoms with van der Waals surface area (Å²) in [5.74, 6) is 0.587. The summed E-state index contributed by atoms with van der Waals surface area (Å²) in [6.45, 7) is 2.92. The molecule has 22 heavy (non-hydrogen) atoms. The third-order valence-corrected chi connectivity index (χ3v) is 3.91. The highest BCUT2D eigenvalue weighted by atomic mass is 35.5. The van der Waals surface area contributed by atoms with Crippen LogP contribution in [-0.4, -0.2) is 19.1 Å². The largest absolute Gasteiger partial charge is 0.492 e. The third-order valence-electron chi connectivity index (χ3n) is 3.17. The van der Waals surface area contributed by atoms with E-state index in [-0.39, 0.29) is 5.91 Å². The topological polar surface area (TPSA) is 38.3 Å². The van der Waals surface area contributed by atoms with E-state index in [1.165, 1.54) is 5.56 Å². The van der Waals surface area contributed by atoms with Gasteiger partial charge >= 0.3 is 0 Å².